The van der Waals surface area contributed by atoms with E-state index in [-0.39, 0.29) is 5.97 Å². The summed E-state index contributed by atoms with van der Waals surface area (Å²) < 4.78 is 10.9. The molecule has 0 fully saturated rings. The highest BCUT2D eigenvalue weighted by molar-refractivity contribution is 5.87. The van der Waals surface area contributed by atoms with Gasteiger partial charge in [0.25, 0.3) is 0 Å². The molecule has 0 aliphatic carbocycles. The number of aryl methyl sites for hydroxylation is 2. The predicted octanol–water partition coefficient (Wildman–Crippen LogP) is 4.79. The SMILES string of the molecule is CCOC(=O)/C=C/c1cc(C)c(Oc2ccnc(Nc3ccc(N)cc3)n2)c(C)c1. The second-order valence-corrected chi connectivity index (χ2v) is 6.64. The van der Waals surface area contributed by atoms with Gasteiger partial charge in [-0.05, 0) is 79.9 Å². The summed E-state index contributed by atoms with van der Waals surface area (Å²) in [5, 5.41) is 3.12. The molecule has 0 unspecified atom stereocenters. The van der Waals surface area contributed by atoms with Crippen molar-refractivity contribution >= 4 is 29.4 Å². The summed E-state index contributed by atoms with van der Waals surface area (Å²) in [6, 6.07) is 12.9. The number of hydrogen-bond donors (Lipinski definition) is 2. The van der Waals surface area contributed by atoms with Gasteiger partial charge in [-0.3, -0.25) is 0 Å². The fourth-order valence-corrected chi connectivity index (χ4v) is 2.85. The van der Waals surface area contributed by atoms with Crippen molar-refractivity contribution in [1.29, 1.82) is 0 Å². The van der Waals surface area contributed by atoms with Crippen LogP contribution < -0.4 is 15.8 Å². The van der Waals surface area contributed by atoms with Gasteiger partial charge in [0.15, 0.2) is 0 Å². The zero-order chi connectivity index (χ0) is 21.5. The standard InChI is InChI=1S/C23H24N4O3/c1-4-29-21(28)10-5-17-13-15(2)22(16(3)14-17)30-20-11-12-25-23(27-20)26-19-8-6-18(24)7-9-19/h5-14H,4,24H2,1-3H3,(H,25,26,27)/b10-5+. The number of hydrogen-bond acceptors (Lipinski definition) is 7. The lowest BCUT2D eigenvalue weighted by molar-refractivity contribution is -0.137. The van der Waals surface area contributed by atoms with Crippen molar-refractivity contribution in [2.75, 3.05) is 17.7 Å². The molecule has 0 saturated carbocycles. The summed E-state index contributed by atoms with van der Waals surface area (Å²) in [5.41, 5.74) is 9.95. The van der Waals surface area contributed by atoms with Gasteiger partial charge in [-0.2, -0.15) is 4.98 Å². The third-order valence-electron chi connectivity index (χ3n) is 4.18. The number of aromatic nitrogens is 2. The van der Waals surface area contributed by atoms with Crippen LogP contribution in [0.4, 0.5) is 17.3 Å². The minimum atomic E-state index is -0.366. The number of nitrogens with zero attached hydrogens (tertiary/aromatic N) is 2. The lowest BCUT2D eigenvalue weighted by Crippen LogP contribution is -2.00. The normalized spacial score (nSPS) is 10.8. The monoisotopic (exact) mass is 404 g/mol. The molecule has 3 rings (SSSR count). The number of nitrogen functional groups attached to an aromatic ring is 1. The van der Waals surface area contributed by atoms with Crippen LogP contribution in [0.15, 0.2) is 54.7 Å². The summed E-state index contributed by atoms with van der Waals surface area (Å²) in [6.45, 7) is 6.01. The molecule has 0 aliphatic heterocycles. The van der Waals surface area contributed by atoms with Crippen molar-refractivity contribution in [2.24, 2.45) is 0 Å². The maximum atomic E-state index is 11.5. The van der Waals surface area contributed by atoms with Crippen molar-refractivity contribution in [3.05, 3.63) is 71.4 Å². The van der Waals surface area contributed by atoms with Crippen molar-refractivity contribution < 1.29 is 14.3 Å². The second-order valence-electron chi connectivity index (χ2n) is 6.64. The molecular formula is C23H24N4O3. The number of ether oxygens (including phenoxy) is 2. The lowest BCUT2D eigenvalue weighted by atomic mass is 10.1. The Labute approximate surface area is 175 Å². The smallest absolute Gasteiger partial charge is 0.330 e. The Morgan fingerprint density at radius 2 is 1.83 bits per heavy atom. The van der Waals surface area contributed by atoms with E-state index in [4.69, 9.17) is 15.2 Å². The first kappa shape index (κ1) is 20.9. The van der Waals surface area contributed by atoms with E-state index in [2.05, 4.69) is 15.3 Å². The van der Waals surface area contributed by atoms with Gasteiger partial charge in [-0.15, -0.1) is 0 Å². The van der Waals surface area contributed by atoms with Crippen LogP contribution in [0, 0.1) is 13.8 Å². The van der Waals surface area contributed by atoms with Crippen LogP contribution in [-0.2, 0) is 9.53 Å². The Morgan fingerprint density at radius 1 is 1.13 bits per heavy atom. The van der Waals surface area contributed by atoms with Gasteiger partial charge in [-0.25, -0.2) is 9.78 Å². The molecule has 3 N–H and O–H groups in total. The van der Waals surface area contributed by atoms with Gasteiger partial charge >= 0.3 is 5.97 Å². The molecule has 0 radical (unpaired) electrons. The molecule has 7 nitrogen and oxygen atoms in total. The quantitative estimate of drug-likeness (QED) is 0.332. The largest absolute Gasteiger partial charge is 0.463 e. The summed E-state index contributed by atoms with van der Waals surface area (Å²) >= 11 is 0. The number of carbonyl (C=O) groups excluding carboxylic acids is 1. The molecule has 0 saturated heterocycles. The van der Waals surface area contributed by atoms with Crippen molar-refractivity contribution in [3.8, 4) is 11.6 Å². The van der Waals surface area contributed by atoms with Crippen LogP contribution in [0.1, 0.15) is 23.6 Å². The van der Waals surface area contributed by atoms with Crippen LogP contribution in [0.2, 0.25) is 0 Å². The molecule has 7 heteroatoms. The molecule has 154 valence electrons. The molecule has 0 atom stereocenters. The number of rotatable bonds is 7. The van der Waals surface area contributed by atoms with E-state index in [0.29, 0.717) is 29.9 Å². The first-order valence-corrected chi connectivity index (χ1v) is 9.54. The number of nitrogens with two attached hydrogens (primary N) is 1. The summed E-state index contributed by atoms with van der Waals surface area (Å²) in [5.74, 6) is 1.18. The van der Waals surface area contributed by atoms with E-state index in [0.717, 1.165) is 22.4 Å². The second kappa shape index (κ2) is 9.56. The first-order chi connectivity index (χ1) is 14.4. The highest BCUT2D eigenvalue weighted by Gasteiger charge is 2.09. The van der Waals surface area contributed by atoms with E-state index in [1.807, 2.05) is 38.1 Å². The minimum Gasteiger partial charge on any atom is -0.463 e. The average molecular weight is 404 g/mol. The third kappa shape index (κ3) is 5.57. The van der Waals surface area contributed by atoms with Gasteiger partial charge in [0.05, 0.1) is 6.61 Å². The molecule has 30 heavy (non-hydrogen) atoms. The summed E-state index contributed by atoms with van der Waals surface area (Å²) in [7, 11) is 0. The van der Waals surface area contributed by atoms with Crippen LogP contribution in [0.3, 0.4) is 0 Å². The highest BCUT2D eigenvalue weighted by atomic mass is 16.5. The summed E-state index contributed by atoms with van der Waals surface area (Å²) in [6.07, 6.45) is 4.77. The molecule has 0 aliphatic rings. The van der Waals surface area contributed by atoms with Gasteiger partial charge in [0.2, 0.25) is 11.8 Å². The number of anilines is 3. The topological polar surface area (TPSA) is 99.4 Å². The molecule has 0 bridgehead atoms. The lowest BCUT2D eigenvalue weighted by Gasteiger charge is -2.13. The minimum absolute atomic E-state index is 0.349. The van der Waals surface area contributed by atoms with Crippen LogP contribution in [0.5, 0.6) is 11.6 Å². The zero-order valence-electron chi connectivity index (χ0n) is 17.2. The van der Waals surface area contributed by atoms with Gasteiger partial charge in [0.1, 0.15) is 5.75 Å². The van der Waals surface area contributed by atoms with Crippen molar-refractivity contribution in [2.45, 2.75) is 20.8 Å². The number of nitrogens with one attached hydrogen (secondary N) is 1. The molecule has 3 aromatic rings. The van der Waals surface area contributed by atoms with E-state index in [9.17, 15) is 4.79 Å². The van der Waals surface area contributed by atoms with E-state index in [1.54, 1.807) is 37.4 Å². The van der Waals surface area contributed by atoms with E-state index >= 15 is 0 Å². The van der Waals surface area contributed by atoms with Gasteiger partial charge in [0, 0.05) is 29.7 Å². The van der Waals surface area contributed by atoms with Crippen LogP contribution >= 0.6 is 0 Å². The molecule has 0 amide bonds. The summed E-state index contributed by atoms with van der Waals surface area (Å²) in [4.78, 5) is 20.2. The Bertz CT molecular complexity index is 1040. The predicted molar refractivity (Wildman–Crippen MR) is 118 cm³/mol. The Hall–Kier alpha value is -3.87. The molecule has 1 heterocycles. The number of esters is 1. The van der Waals surface area contributed by atoms with E-state index in [1.165, 1.54) is 6.08 Å². The fraction of sp³-hybridized carbons (Fsp3) is 0.174. The van der Waals surface area contributed by atoms with Crippen molar-refractivity contribution in [3.63, 3.8) is 0 Å². The molecular weight excluding hydrogens is 380 g/mol. The van der Waals surface area contributed by atoms with Crippen LogP contribution in [0.25, 0.3) is 6.08 Å². The zero-order valence-corrected chi connectivity index (χ0v) is 17.2. The first-order valence-electron chi connectivity index (χ1n) is 9.54. The number of carbonyl (C=O) groups is 1. The Balaban J connectivity index is 1.76. The van der Waals surface area contributed by atoms with Crippen molar-refractivity contribution in [1.82, 2.24) is 9.97 Å². The molecule has 2 aromatic carbocycles. The fourth-order valence-electron chi connectivity index (χ4n) is 2.85. The van der Waals surface area contributed by atoms with Gasteiger partial charge in [-0.1, -0.05) is 0 Å². The maximum absolute atomic E-state index is 11.5. The highest BCUT2D eigenvalue weighted by Crippen LogP contribution is 2.30. The third-order valence-corrected chi connectivity index (χ3v) is 4.18. The van der Waals surface area contributed by atoms with Crippen LogP contribution in [-0.4, -0.2) is 22.5 Å². The maximum Gasteiger partial charge on any atom is 0.330 e. The van der Waals surface area contributed by atoms with Gasteiger partial charge < -0.3 is 20.5 Å². The Morgan fingerprint density at radius 3 is 2.50 bits per heavy atom. The number of benzene rings is 2. The van der Waals surface area contributed by atoms with E-state index < -0.39 is 0 Å². The molecule has 0 spiro atoms. The Kier molecular flexibility index (Phi) is 6.64. The average Bonchev–Trinajstić information content (AvgIpc) is 2.71. The molecule has 1 aromatic heterocycles.